The number of aryl methyl sites for hydroxylation is 2. The van der Waals surface area contributed by atoms with Gasteiger partial charge < -0.3 is 5.32 Å². The fourth-order valence-corrected chi connectivity index (χ4v) is 5.10. The van der Waals surface area contributed by atoms with Gasteiger partial charge in [-0.1, -0.05) is 37.5 Å². The van der Waals surface area contributed by atoms with Crippen LogP contribution in [0.4, 0.5) is 5.69 Å². The highest BCUT2D eigenvalue weighted by molar-refractivity contribution is 7.10. The van der Waals surface area contributed by atoms with E-state index >= 15 is 0 Å². The first-order valence-electron chi connectivity index (χ1n) is 11.7. The Bertz CT molecular complexity index is 1080. The van der Waals surface area contributed by atoms with Gasteiger partial charge in [0.25, 0.3) is 0 Å². The van der Waals surface area contributed by atoms with Crippen LogP contribution in [0.5, 0.6) is 0 Å². The van der Waals surface area contributed by atoms with Crippen LogP contribution < -0.4 is 10.2 Å². The Morgan fingerprint density at radius 2 is 1.88 bits per heavy atom. The van der Waals surface area contributed by atoms with Crippen molar-refractivity contribution in [2.45, 2.75) is 64.5 Å². The molecule has 2 amide bonds. The van der Waals surface area contributed by atoms with Crippen LogP contribution in [-0.4, -0.2) is 22.8 Å². The zero-order valence-electron chi connectivity index (χ0n) is 19.3. The maximum Gasteiger partial charge on any atom is 0.249 e. The van der Waals surface area contributed by atoms with Crippen LogP contribution in [0.15, 0.2) is 60.1 Å². The standard InChI is InChI=1S/C27H31N3O2S/c1-19-13-14-22(17-20(19)2)30(25(31)18-23-11-8-16-33-23)26(24-12-6-7-15-28-24)27(32)29-21-9-4-3-5-10-21/h6-8,11-17,21,26H,3-5,9-10,18H2,1-2H3,(H,29,32)/t26-/m0/s1. The molecule has 0 saturated heterocycles. The van der Waals surface area contributed by atoms with E-state index in [2.05, 4.69) is 10.3 Å². The van der Waals surface area contributed by atoms with Crippen LogP contribution in [0, 0.1) is 13.8 Å². The smallest absolute Gasteiger partial charge is 0.249 e. The molecule has 5 nitrogen and oxygen atoms in total. The minimum Gasteiger partial charge on any atom is -0.351 e. The van der Waals surface area contributed by atoms with Crippen molar-refractivity contribution < 1.29 is 9.59 Å². The SMILES string of the molecule is Cc1ccc(N(C(=O)Cc2cccs2)[C@H](C(=O)NC2CCCCC2)c2ccccn2)cc1C. The Balaban J connectivity index is 1.74. The fourth-order valence-electron chi connectivity index (χ4n) is 4.41. The molecule has 6 heteroatoms. The van der Waals surface area contributed by atoms with Crippen LogP contribution in [0.1, 0.15) is 59.8 Å². The van der Waals surface area contributed by atoms with E-state index in [9.17, 15) is 9.59 Å². The van der Waals surface area contributed by atoms with E-state index in [1.54, 1.807) is 22.4 Å². The molecular formula is C27H31N3O2S. The highest BCUT2D eigenvalue weighted by atomic mass is 32.1. The van der Waals surface area contributed by atoms with Gasteiger partial charge in [0, 0.05) is 22.8 Å². The minimum atomic E-state index is -0.831. The molecular weight excluding hydrogens is 430 g/mol. The molecule has 0 aliphatic heterocycles. The molecule has 2 heterocycles. The number of hydrogen-bond acceptors (Lipinski definition) is 4. The third kappa shape index (κ3) is 5.69. The number of thiophene rings is 1. The lowest BCUT2D eigenvalue weighted by Gasteiger charge is -2.33. The number of amides is 2. The van der Waals surface area contributed by atoms with Crippen molar-refractivity contribution in [1.82, 2.24) is 10.3 Å². The Hall–Kier alpha value is -2.99. The molecule has 4 rings (SSSR count). The van der Waals surface area contributed by atoms with E-state index in [0.717, 1.165) is 41.7 Å². The second-order valence-electron chi connectivity index (χ2n) is 8.79. The first-order chi connectivity index (χ1) is 16.0. The average molecular weight is 462 g/mol. The Morgan fingerprint density at radius 1 is 1.06 bits per heavy atom. The number of hydrogen-bond donors (Lipinski definition) is 1. The summed E-state index contributed by atoms with van der Waals surface area (Å²) in [5.74, 6) is -0.284. The summed E-state index contributed by atoms with van der Waals surface area (Å²) in [5.41, 5.74) is 3.51. The number of carbonyl (C=O) groups is 2. The van der Waals surface area contributed by atoms with E-state index < -0.39 is 6.04 Å². The van der Waals surface area contributed by atoms with Gasteiger partial charge in [0.1, 0.15) is 0 Å². The van der Waals surface area contributed by atoms with Crippen LogP contribution in [0.2, 0.25) is 0 Å². The molecule has 1 atom stereocenters. The molecule has 2 aromatic heterocycles. The first kappa shape index (κ1) is 23.2. The van der Waals surface area contributed by atoms with Crippen molar-refractivity contribution in [2.24, 2.45) is 0 Å². The van der Waals surface area contributed by atoms with Gasteiger partial charge in [-0.3, -0.25) is 19.5 Å². The predicted octanol–water partition coefficient (Wildman–Crippen LogP) is 5.53. The molecule has 1 aromatic carbocycles. The zero-order valence-corrected chi connectivity index (χ0v) is 20.1. The maximum absolute atomic E-state index is 13.7. The van der Waals surface area contributed by atoms with Crippen molar-refractivity contribution in [3.05, 3.63) is 81.8 Å². The topological polar surface area (TPSA) is 62.3 Å². The van der Waals surface area contributed by atoms with Gasteiger partial charge in [-0.2, -0.15) is 0 Å². The average Bonchev–Trinajstić information content (AvgIpc) is 3.33. The van der Waals surface area contributed by atoms with E-state index in [1.807, 2.05) is 67.8 Å². The van der Waals surface area contributed by atoms with Crippen LogP contribution in [-0.2, 0) is 16.0 Å². The Morgan fingerprint density at radius 3 is 2.55 bits per heavy atom. The van der Waals surface area contributed by atoms with Crippen molar-refractivity contribution in [3.63, 3.8) is 0 Å². The monoisotopic (exact) mass is 461 g/mol. The summed E-state index contributed by atoms with van der Waals surface area (Å²) >= 11 is 1.55. The summed E-state index contributed by atoms with van der Waals surface area (Å²) < 4.78 is 0. The van der Waals surface area contributed by atoms with Gasteiger partial charge in [-0.05, 0) is 73.5 Å². The van der Waals surface area contributed by atoms with E-state index in [0.29, 0.717) is 11.4 Å². The summed E-state index contributed by atoms with van der Waals surface area (Å²) in [5, 5.41) is 5.20. The molecule has 3 aromatic rings. The van der Waals surface area contributed by atoms with Crippen LogP contribution >= 0.6 is 11.3 Å². The number of nitrogens with zero attached hydrogens (tertiary/aromatic N) is 2. The third-order valence-corrected chi connectivity index (χ3v) is 7.25. The molecule has 1 N–H and O–H groups in total. The maximum atomic E-state index is 13.7. The Labute approximate surface area is 199 Å². The molecule has 0 radical (unpaired) electrons. The summed E-state index contributed by atoms with van der Waals surface area (Å²) in [4.78, 5) is 34.6. The third-order valence-electron chi connectivity index (χ3n) is 6.37. The molecule has 1 aliphatic rings. The lowest BCUT2D eigenvalue weighted by Crippen LogP contribution is -2.48. The lowest BCUT2D eigenvalue weighted by molar-refractivity contribution is -0.127. The predicted molar refractivity (Wildman–Crippen MR) is 133 cm³/mol. The highest BCUT2D eigenvalue weighted by Crippen LogP contribution is 2.30. The normalized spacial score (nSPS) is 15.1. The molecule has 0 bridgehead atoms. The van der Waals surface area contributed by atoms with Crippen LogP contribution in [0.3, 0.4) is 0 Å². The zero-order chi connectivity index (χ0) is 23.2. The van der Waals surface area contributed by atoms with Gasteiger partial charge in [-0.25, -0.2) is 0 Å². The molecule has 1 saturated carbocycles. The lowest BCUT2D eigenvalue weighted by atomic mass is 9.95. The van der Waals surface area contributed by atoms with Gasteiger partial charge in [0.15, 0.2) is 6.04 Å². The number of benzene rings is 1. The fraction of sp³-hybridized carbons (Fsp3) is 0.370. The first-order valence-corrected chi connectivity index (χ1v) is 12.5. The van der Waals surface area contributed by atoms with Gasteiger partial charge in [-0.15, -0.1) is 11.3 Å². The van der Waals surface area contributed by atoms with Gasteiger partial charge in [0.05, 0.1) is 12.1 Å². The summed E-state index contributed by atoms with van der Waals surface area (Å²) in [7, 11) is 0. The minimum absolute atomic E-state index is 0.116. The summed E-state index contributed by atoms with van der Waals surface area (Å²) in [6.07, 6.45) is 7.34. The van der Waals surface area contributed by atoms with Crippen molar-refractivity contribution in [3.8, 4) is 0 Å². The van der Waals surface area contributed by atoms with E-state index in [4.69, 9.17) is 0 Å². The molecule has 33 heavy (non-hydrogen) atoms. The molecule has 0 unspecified atom stereocenters. The van der Waals surface area contributed by atoms with Crippen molar-refractivity contribution in [2.75, 3.05) is 4.90 Å². The number of aromatic nitrogens is 1. The summed E-state index contributed by atoms with van der Waals surface area (Å²) in [6, 6.07) is 14.7. The molecule has 172 valence electrons. The Kier molecular flexibility index (Phi) is 7.55. The second kappa shape index (κ2) is 10.8. The van der Waals surface area contributed by atoms with Crippen LogP contribution in [0.25, 0.3) is 0 Å². The highest BCUT2D eigenvalue weighted by Gasteiger charge is 2.35. The van der Waals surface area contributed by atoms with Crippen molar-refractivity contribution in [1.29, 1.82) is 0 Å². The van der Waals surface area contributed by atoms with E-state index in [1.165, 1.54) is 6.42 Å². The second-order valence-corrected chi connectivity index (χ2v) is 9.82. The molecule has 1 aliphatic carbocycles. The number of pyridine rings is 1. The van der Waals surface area contributed by atoms with Gasteiger partial charge in [0.2, 0.25) is 11.8 Å². The summed E-state index contributed by atoms with van der Waals surface area (Å²) in [6.45, 7) is 4.07. The van der Waals surface area contributed by atoms with E-state index in [-0.39, 0.29) is 24.3 Å². The van der Waals surface area contributed by atoms with Crippen molar-refractivity contribution >= 4 is 28.8 Å². The molecule has 1 fully saturated rings. The number of rotatable bonds is 7. The number of anilines is 1. The quantitative estimate of drug-likeness (QED) is 0.503. The largest absolute Gasteiger partial charge is 0.351 e. The number of nitrogens with one attached hydrogen (secondary N) is 1. The van der Waals surface area contributed by atoms with Gasteiger partial charge >= 0.3 is 0 Å². The molecule has 0 spiro atoms. The number of carbonyl (C=O) groups excluding carboxylic acids is 2.